The molecular formula is C13H10F3NO. The van der Waals surface area contributed by atoms with E-state index in [1.807, 2.05) is 0 Å². The van der Waals surface area contributed by atoms with Crippen LogP contribution in [0.3, 0.4) is 0 Å². The van der Waals surface area contributed by atoms with Gasteiger partial charge in [0.25, 0.3) is 0 Å². The van der Waals surface area contributed by atoms with Gasteiger partial charge in [0.05, 0.1) is 5.56 Å². The zero-order valence-electron chi connectivity index (χ0n) is 9.53. The fourth-order valence-electron chi connectivity index (χ4n) is 1.62. The molecule has 2 rings (SSSR count). The number of aromatic nitrogens is 1. The summed E-state index contributed by atoms with van der Waals surface area (Å²) in [5.41, 5.74) is 0.492. The first-order chi connectivity index (χ1) is 8.38. The number of halogens is 3. The third-order valence-corrected chi connectivity index (χ3v) is 2.63. The SMILES string of the molecule is Cn1cc(-c2ccc(C(F)(F)F)cc2)ccc1=O. The summed E-state index contributed by atoms with van der Waals surface area (Å²) in [5, 5.41) is 0. The number of aryl methyl sites for hydroxylation is 1. The molecule has 0 N–H and O–H groups in total. The summed E-state index contributed by atoms with van der Waals surface area (Å²) >= 11 is 0. The van der Waals surface area contributed by atoms with E-state index in [1.165, 1.54) is 22.8 Å². The van der Waals surface area contributed by atoms with Gasteiger partial charge in [0.2, 0.25) is 5.56 Å². The van der Waals surface area contributed by atoms with E-state index in [0.717, 1.165) is 12.1 Å². The number of rotatable bonds is 1. The number of pyridine rings is 1. The van der Waals surface area contributed by atoms with Gasteiger partial charge in [0, 0.05) is 19.3 Å². The summed E-state index contributed by atoms with van der Waals surface area (Å²) in [6.07, 6.45) is -2.74. The Morgan fingerprint density at radius 1 is 0.944 bits per heavy atom. The van der Waals surface area contributed by atoms with Crippen molar-refractivity contribution in [1.82, 2.24) is 4.57 Å². The minimum absolute atomic E-state index is 0.161. The second-order valence-corrected chi connectivity index (χ2v) is 3.94. The molecule has 0 saturated heterocycles. The third kappa shape index (κ3) is 2.45. The number of nitrogens with zero attached hydrogens (tertiary/aromatic N) is 1. The van der Waals surface area contributed by atoms with E-state index in [9.17, 15) is 18.0 Å². The minimum Gasteiger partial charge on any atom is -0.318 e. The summed E-state index contributed by atoms with van der Waals surface area (Å²) in [6.45, 7) is 0. The maximum atomic E-state index is 12.4. The van der Waals surface area contributed by atoms with Gasteiger partial charge in [-0.15, -0.1) is 0 Å². The van der Waals surface area contributed by atoms with Gasteiger partial charge in [-0.1, -0.05) is 12.1 Å². The zero-order valence-corrected chi connectivity index (χ0v) is 9.53. The van der Waals surface area contributed by atoms with Gasteiger partial charge < -0.3 is 4.57 Å². The molecule has 0 unspecified atom stereocenters. The van der Waals surface area contributed by atoms with Crippen molar-refractivity contribution in [2.45, 2.75) is 6.18 Å². The van der Waals surface area contributed by atoms with Crippen molar-refractivity contribution in [3.05, 3.63) is 58.5 Å². The Morgan fingerprint density at radius 3 is 2.00 bits per heavy atom. The molecule has 94 valence electrons. The van der Waals surface area contributed by atoms with Crippen molar-refractivity contribution >= 4 is 0 Å². The van der Waals surface area contributed by atoms with E-state index in [1.54, 1.807) is 19.3 Å². The van der Waals surface area contributed by atoms with Crippen LogP contribution in [0.15, 0.2) is 47.4 Å². The summed E-state index contributed by atoms with van der Waals surface area (Å²) in [5.74, 6) is 0. The van der Waals surface area contributed by atoms with Crippen LogP contribution >= 0.6 is 0 Å². The van der Waals surface area contributed by atoms with Gasteiger partial charge in [0.1, 0.15) is 0 Å². The molecule has 2 nitrogen and oxygen atoms in total. The normalized spacial score (nSPS) is 11.6. The molecule has 0 aliphatic heterocycles. The standard InChI is InChI=1S/C13H10F3NO/c1-17-8-10(4-7-12(17)18)9-2-5-11(6-3-9)13(14,15)16/h2-8H,1H3. The van der Waals surface area contributed by atoms with E-state index in [2.05, 4.69) is 0 Å². The molecule has 2 aromatic rings. The Labute approximate surface area is 101 Å². The average Bonchev–Trinajstić information content (AvgIpc) is 2.32. The smallest absolute Gasteiger partial charge is 0.318 e. The fraction of sp³-hybridized carbons (Fsp3) is 0.154. The van der Waals surface area contributed by atoms with Crippen LogP contribution in [0.2, 0.25) is 0 Å². The van der Waals surface area contributed by atoms with Crippen molar-refractivity contribution in [3.8, 4) is 11.1 Å². The number of alkyl halides is 3. The molecule has 5 heteroatoms. The average molecular weight is 253 g/mol. The highest BCUT2D eigenvalue weighted by molar-refractivity contribution is 5.62. The van der Waals surface area contributed by atoms with Crippen LogP contribution in [0.5, 0.6) is 0 Å². The third-order valence-electron chi connectivity index (χ3n) is 2.63. The van der Waals surface area contributed by atoms with Gasteiger partial charge in [-0.2, -0.15) is 13.2 Å². The molecule has 1 heterocycles. The highest BCUT2D eigenvalue weighted by atomic mass is 19.4. The van der Waals surface area contributed by atoms with E-state index in [4.69, 9.17) is 0 Å². The van der Waals surface area contributed by atoms with Crippen LogP contribution in [0.4, 0.5) is 13.2 Å². The summed E-state index contributed by atoms with van der Waals surface area (Å²) in [6, 6.07) is 7.81. The van der Waals surface area contributed by atoms with E-state index < -0.39 is 11.7 Å². The second-order valence-electron chi connectivity index (χ2n) is 3.94. The van der Waals surface area contributed by atoms with Crippen LogP contribution in [-0.2, 0) is 13.2 Å². The Hall–Kier alpha value is -2.04. The van der Waals surface area contributed by atoms with Crippen molar-refractivity contribution < 1.29 is 13.2 Å². The molecule has 0 aliphatic carbocycles. The molecule has 18 heavy (non-hydrogen) atoms. The molecule has 0 bridgehead atoms. The largest absolute Gasteiger partial charge is 0.416 e. The van der Waals surface area contributed by atoms with Crippen molar-refractivity contribution in [2.24, 2.45) is 7.05 Å². The van der Waals surface area contributed by atoms with Crippen LogP contribution in [0, 0.1) is 0 Å². The monoisotopic (exact) mass is 253 g/mol. The quantitative estimate of drug-likeness (QED) is 0.765. The van der Waals surface area contributed by atoms with E-state index in [0.29, 0.717) is 11.1 Å². The number of hydrogen-bond acceptors (Lipinski definition) is 1. The number of hydrogen-bond donors (Lipinski definition) is 0. The summed E-state index contributed by atoms with van der Waals surface area (Å²) < 4.78 is 38.6. The number of benzene rings is 1. The van der Waals surface area contributed by atoms with Gasteiger partial charge in [0.15, 0.2) is 0 Å². The lowest BCUT2D eigenvalue weighted by molar-refractivity contribution is -0.137. The highest BCUT2D eigenvalue weighted by Gasteiger charge is 2.29. The maximum Gasteiger partial charge on any atom is 0.416 e. The molecule has 0 spiro atoms. The van der Waals surface area contributed by atoms with Crippen molar-refractivity contribution in [2.75, 3.05) is 0 Å². The Balaban J connectivity index is 2.40. The Kier molecular flexibility index (Phi) is 2.98. The van der Waals surface area contributed by atoms with Gasteiger partial charge >= 0.3 is 6.18 Å². The van der Waals surface area contributed by atoms with Gasteiger partial charge in [-0.05, 0) is 29.3 Å². The molecule has 0 amide bonds. The first kappa shape index (κ1) is 12.4. The first-order valence-electron chi connectivity index (χ1n) is 5.22. The van der Waals surface area contributed by atoms with Crippen LogP contribution in [0.1, 0.15) is 5.56 Å². The van der Waals surface area contributed by atoms with Crippen LogP contribution in [-0.4, -0.2) is 4.57 Å². The van der Waals surface area contributed by atoms with E-state index >= 15 is 0 Å². The predicted molar refractivity (Wildman–Crippen MR) is 62.1 cm³/mol. The van der Waals surface area contributed by atoms with Crippen molar-refractivity contribution in [1.29, 1.82) is 0 Å². The molecule has 0 radical (unpaired) electrons. The lowest BCUT2D eigenvalue weighted by Gasteiger charge is -2.08. The molecule has 0 atom stereocenters. The highest BCUT2D eigenvalue weighted by Crippen LogP contribution is 2.30. The molecular weight excluding hydrogens is 243 g/mol. The summed E-state index contributed by atoms with van der Waals surface area (Å²) in [4.78, 5) is 11.2. The van der Waals surface area contributed by atoms with Gasteiger partial charge in [-0.3, -0.25) is 4.79 Å². The summed E-state index contributed by atoms with van der Waals surface area (Å²) in [7, 11) is 1.59. The maximum absolute atomic E-state index is 12.4. The minimum atomic E-state index is -4.33. The molecule has 0 saturated carbocycles. The topological polar surface area (TPSA) is 22.0 Å². The second kappa shape index (κ2) is 4.33. The van der Waals surface area contributed by atoms with Crippen LogP contribution in [0.25, 0.3) is 11.1 Å². The van der Waals surface area contributed by atoms with Crippen LogP contribution < -0.4 is 5.56 Å². The van der Waals surface area contributed by atoms with Gasteiger partial charge in [-0.25, -0.2) is 0 Å². The first-order valence-corrected chi connectivity index (χ1v) is 5.22. The fourth-order valence-corrected chi connectivity index (χ4v) is 1.62. The lowest BCUT2D eigenvalue weighted by atomic mass is 10.1. The van der Waals surface area contributed by atoms with Crippen molar-refractivity contribution in [3.63, 3.8) is 0 Å². The lowest BCUT2D eigenvalue weighted by Crippen LogP contribution is -2.13. The molecule has 0 fully saturated rings. The molecule has 0 aliphatic rings. The predicted octanol–water partition coefficient (Wildman–Crippen LogP) is 3.07. The Morgan fingerprint density at radius 2 is 1.50 bits per heavy atom. The molecule has 1 aromatic heterocycles. The zero-order chi connectivity index (χ0) is 13.3. The van der Waals surface area contributed by atoms with E-state index in [-0.39, 0.29) is 5.56 Å². The Bertz CT molecular complexity index is 611. The molecule has 1 aromatic carbocycles.